The van der Waals surface area contributed by atoms with Gasteiger partial charge in [-0.15, -0.1) is 0 Å². The van der Waals surface area contributed by atoms with Gasteiger partial charge >= 0.3 is 0 Å². The van der Waals surface area contributed by atoms with Crippen LogP contribution in [-0.2, 0) is 0 Å². The van der Waals surface area contributed by atoms with E-state index in [4.69, 9.17) is 0 Å². The van der Waals surface area contributed by atoms with E-state index >= 15 is 0 Å². The Balaban J connectivity index is 4.42. The third kappa shape index (κ3) is 5.01. The van der Waals surface area contributed by atoms with Crippen molar-refractivity contribution in [2.45, 2.75) is 61.0 Å². The largest absolute Gasteiger partial charge is 0.393 e. The molecule has 0 heterocycles. The average Bonchev–Trinajstić information content (AvgIpc) is 2.00. The first-order valence-electron chi connectivity index (χ1n) is 6.45. The van der Waals surface area contributed by atoms with E-state index in [0.29, 0.717) is 29.6 Å². The molecule has 0 fully saturated rings. The third-order valence-corrected chi connectivity index (χ3v) is 3.36. The van der Waals surface area contributed by atoms with Gasteiger partial charge in [0.2, 0.25) is 0 Å². The molecule has 0 aliphatic heterocycles. The first-order valence-corrected chi connectivity index (χ1v) is 6.45. The van der Waals surface area contributed by atoms with Crippen LogP contribution < -0.4 is 0 Å². The highest BCUT2D eigenvalue weighted by Crippen LogP contribution is 2.30. The van der Waals surface area contributed by atoms with Crippen LogP contribution in [0.25, 0.3) is 0 Å². The summed E-state index contributed by atoms with van der Waals surface area (Å²) in [7, 11) is 0. The van der Waals surface area contributed by atoms with E-state index in [2.05, 4.69) is 48.5 Å². The van der Waals surface area contributed by atoms with Gasteiger partial charge in [0.1, 0.15) is 0 Å². The molecule has 0 aliphatic rings. The Morgan fingerprint density at radius 3 is 1.47 bits per heavy atom. The van der Waals surface area contributed by atoms with Crippen LogP contribution in [0.4, 0.5) is 0 Å². The molecule has 2 atom stereocenters. The van der Waals surface area contributed by atoms with E-state index in [9.17, 15) is 5.11 Å². The third-order valence-electron chi connectivity index (χ3n) is 3.36. The van der Waals surface area contributed by atoms with Crippen LogP contribution in [-0.4, -0.2) is 11.2 Å². The van der Waals surface area contributed by atoms with E-state index in [-0.39, 0.29) is 6.10 Å². The van der Waals surface area contributed by atoms with Crippen molar-refractivity contribution in [2.24, 2.45) is 29.6 Å². The van der Waals surface area contributed by atoms with E-state index in [1.807, 2.05) is 0 Å². The van der Waals surface area contributed by atoms with Gasteiger partial charge in [-0.25, -0.2) is 0 Å². The zero-order valence-corrected chi connectivity index (χ0v) is 11.6. The van der Waals surface area contributed by atoms with Crippen LogP contribution in [0.15, 0.2) is 0 Å². The Morgan fingerprint density at radius 1 is 0.800 bits per heavy atom. The second-order valence-electron chi connectivity index (χ2n) is 6.16. The smallest absolute Gasteiger partial charge is 0.0598 e. The van der Waals surface area contributed by atoms with Gasteiger partial charge in [-0.3, -0.25) is 0 Å². The highest BCUT2D eigenvalue weighted by molar-refractivity contribution is 4.79. The zero-order valence-electron chi connectivity index (χ0n) is 11.6. The van der Waals surface area contributed by atoms with Gasteiger partial charge in [0.25, 0.3) is 0 Å². The summed E-state index contributed by atoms with van der Waals surface area (Å²) >= 11 is 0. The topological polar surface area (TPSA) is 20.2 Å². The quantitative estimate of drug-likeness (QED) is 0.709. The van der Waals surface area contributed by atoms with Crippen molar-refractivity contribution in [1.82, 2.24) is 0 Å². The van der Waals surface area contributed by atoms with Crippen LogP contribution in [0, 0.1) is 29.6 Å². The van der Waals surface area contributed by atoms with Gasteiger partial charge in [0.05, 0.1) is 6.10 Å². The lowest BCUT2D eigenvalue weighted by atomic mass is 9.75. The summed E-state index contributed by atoms with van der Waals surface area (Å²) < 4.78 is 0. The lowest BCUT2D eigenvalue weighted by molar-refractivity contribution is 0.00673. The van der Waals surface area contributed by atoms with Crippen molar-refractivity contribution < 1.29 is 5.11 Å². The molecular formula is C14H30O. The van der Waals surface area contributed by atoms with Crippen molar-refractivity contribution in [3.8, 4) is 0 Å². The summed E-state index contributed by atoms with van der Waals surface area (Å²) in [5, 5.41) is 10.4. The van der Waals surface area contributed by atoms with Crippen LogP contribution in [0.1, 0.15) is 54.9 Å². The average molecular weight is 214 g/mol. The number of hydrogen-bond acceptors (Lipinski definition) is 1. The molecule has 0 aromatic rings. The van der Waals surface area contributed by atoms with Crippen molar-refractivity contribution >= 4 is 0 Å². The van der Waals surface area contributed by atoms with Gasteiger partial charge in [0, 0.05) is 0 Å². The molecule has 92 valence electrons. The van der Waals surface area contributed by atoms with Gasteiger partial charge in [0.15, 0.2) is 0 Å². The molecular weight excluding hydrogens is 184 g/mol. The van der Waals surface area contributed by atoms with Crippen LogP contribution >= 0.6 is 0 Å². The molecule has 15 heavy (non-hydrogen) atoms. The molecule has 0 aromatic carbocycles. The Hall–Kier alpha value is -0.0400. The highest BCUT2D eigenvalue weighted by Gasteiger charge is 2.29. The maximum absolute atomic E-state index is 10.4. The summed E-state index contributed by atoms with van der Waals surface area (Å²) in [6.07, 6.45) is 0.976. The molecule has 1 nitrogen and oxygen atoms in total. The van der Waals surface area contributed by atoms with Crippen LogP contribution in [0.3, 0.4) is 0 Å². The van der Waals surface area contributed by atoms with Gasteiger partial charge in [-0.1, -0.05) is 48.5 Å². The molecule has 0 radical (unpaired) electrons. The predicted molar refractivity (Wildman–Crippen MR) is 67.8 cm³/mol. The fraction of sp³-hybridized carbons (Fsp3) is 1.00. The molecule has 0 spiro atoms. The summed E-state index contributed by atoms with van der Waals surface area (Å²) in [6.45, 7) is 15.5. The number of rotatable bonds is 6. The minimum absolute atomic E-state index is 0.146. The second-order valence-corrected chi connectivity index (χ2v) is 6.16. The normalized spacial score (nSPS) is 16.8. The Bertz CT molecular complexity index is 153. The maximum atomic E-state index is 10.4. The molecule has 0 saturated carbocycles. The molecule has 1 heteroatoms. The Kier molecular flexibility index (Phi) is 6.51. The van der Waals surface area contributed by atoms with Crippen molar-refractivity contribution in [3.63, 3.8) is 0 Å². The SMILES string of the molecule is CC(C)CC(C)C(O)C(C(C)C)C(C)C. The van der Waals surface area contributed by atoms with Gasteiger partial charge < -0.3 is 5.11 Å². The second kappa shape index (κ2) is 6.52. The lowest BCUT2D eigenvalue weighted by Crippen LogP contribution is -2.35. The Morgan fingerprint density at radius 2 is 1.20 bits per heavy atom. The highest BCUT2D eigenvalue weighted by atomic mass is 16.3. The summed E-state index contributed by atoms with van der Waals surface area (Å²) in [5.41, 5.74) is 0. The van der Waals surface area contributed by atoms with Crippen LogP contribution in [0.5, 0.6) is 0 Å². The summed E-state index contributed by atoms with van der Waals surface area (Å²) in [6, 6.07) is 0. The number of aliphatic hydroxyl groups excluding tert-OH is 1. The van der Waals surface area contributed by atoms with Crippen molar-refractivity contribution in [3.05, 3.63) is 0 Å². The fourth-order valence-electron chi connectivity index (χ4n) is 2.82. The predicted octanol–water partition coefficient (Wildman–Crippen LogP) is 3.96. The van der Waals surface area contributed by atoms with Crippen molar-refractivity contribution in [1.29, 1.82) is 0 Å². The summed E-state index contributed by atoms with van der Waals surface area (Å²) in [5.74, 6) is 2.65. The zero-order chi connectivity index (χ0) is 12.2. The van der Waals surface area contributed by atoms with E-state index in [1.54, 1.807) is 0 Å². The summed E-state index contributed by atoms with van der Waals surface area (Å²) in [4.78, 5) is 0. The molecule has 0 aromatic heterocycles. The fourth-order valence-corrected chi connectivity index (χ4v) is 2.82. The first kappa shape index (κ1) is 15.0. The minimum Gasteiger partial charge on any atom is -0.393 e. The van der Waals surface area contributed by atoms with E-state index < -0.39 is 0 Å². The van der Waals surface area contributed by atoms with Crippen molar-refractivity contribution in [2.75, 3.05) is 0 Å². The number of hydrogen-bond donors (Lipinski definition) is 1. The molecule has 2 unspecified atom stereocenters. The lowest BCUT2D eigenvalue weighted by Gasteiger charge is -2.34. The molecule has 0 aliphatic carbocycles. The molecule has 0 rings (SSSR count). The van der Waals surface area contributed by atoms with Crippen LogP contribution in [0.2, 0.25) is 0 Å². The minimum atomic E-state index is -0.146. The molecule has 0 bridgehead atoms. The monoisotopic (exact) mass is 214 g/mol. The maximum Gasteiger partial charge on any atom is 0.0598 e. The number of aliphatic hydroxyl groups is 1. The molecule has 0 amide bonds. The van der Waals surface area contributed by atoms with E-state index in [1.165, 1.54) is 0 Å². The molecule has 0 saturated heterocycles. The first-order chi connectivity index (χ1) is 6.77. The standard InChI is InChI=1S/C14H30O/c1-9(2)8-12(7)14(15)13(10(3)4)11(5)6/h9-15H,8H2,1-7H3. The van der Waals surface area contributed by atoms with E-state index in [0.717, 1.165) is 6.42 Å². The molecule has 1 N–H and O–H groups in total. The Labute approximate surface area is 96.3 Å². The van der Waals surface area contributed by atoms with Gasteiger partial charge in [-0.05, 0) is 36.0 Å². The van der Waals surface area contributed by atoms with Gasteiger partial charge in [-0.2, -0.15) is 0 Å².